The molecule has 2 bridgehead atoms. The number of nitrogens with one attached hydrogen (secondary N) is 3. The highest BCUT2D eigenvalue weighted by Gasteiger charge is 2.54. The van der Waals surface area contributed by atoms with Gasteiger partial charge in [0.15, 0.2) is 0 Å². The summed E-state index contributed by atoms with van der Waals surface area (Å²) in [7, 11) is 10.5. The van der Waals surface area contributed by atoms with E-state index in [0.717, 1.165) is 60.7 Å². The zero-order valence-electron chi connectivity index (χ0n) is 61.4. The Kier molecular flexibility index (Phi) is 26.9. The first-order valence-corrected chi connectivity index (χ1v) is 36.0. The average molecular weight is 1510 g/mol. The van der Waals surface area contributed by atoms with Crippen molar-refractivity contribution >= 4 is 70.9 Å². The average Bonchev–Trinajstić information content (AvgIpc) is 1.14. The van der Waals surface area contributed by atoms with Gasteiger partial charge in [-0.05, 0) is 117 Å². The maximum absolute atomic E-state index is 16.1. The summed E-state index contributed by atoms with van der Waals surface area (Å²) in [6.45, 7) is 0.673. The summed E-state index contributed by atoms with van der Waals surface area (Å²) in [5.74, 6) is -15.8. The Balaban J connectivity index is 1.21. The Labute approximate surface area is 610 Å². The molecule has 8 rings (SSSR count). The summed E-state index contributed by atoms with van der Waals surface area (Å²) in [5.41, 5.74) is -5.44. The van der Waals surface area contributed by atoms with E-state index in [9.17, 15) is 59.9 Å². The number of benzene rings is 2. The summed E-state index contributed by atoms with van der Waals surface area (Å²) >= 11 is 0. The van der Waals surface area contributed by atoms with E-state index in [1.807, 2.05) is 0 Å². The second kappa shape index (κ2) is 34.4. The molecule has 0 aromatic heterocycles. The molecule has 3 heterocycles. The Morgan fingerprint density at radius 2 is 1.28 bits per heavy atom. The summed E-state index contributed by atoms with van der Waals surface area (Å²) in [6, 6.07) is -7.86. The smallest absolute Gasteiger partial charge is 0.347 e. The van der Waals surface area contributed by atoms with Gasteiger partial charge in [0.2, 0.25) is 70.9 Å². The first-order valence-electron chi connectivity index (χ1n) is 36.0. The van der Waals surface area contributed by atoms with E-state index in [1.165, 1.54) is 64.0 Å². The van der Waals surface area contributed by atoms with E-state index in [4.69, 9.17) is 0 Å². The normalized spacial score (nSPS) is 27.0. The molecule has 0 unspecified atom stereocenters. The molecule has 1 spiro atoms. The lowest BCUT2D eigenvalue weighted by Crippen LogP contribution is -2.68. The minimum Gasteiger partial charge on any atom is -0.347 e. The molecular weight excluding hydrogens is 1410 g/mol. The van der Waals surface area contributed by atoms with E-state index in [2.05, 4.69) is 16.0 Å². The number of likely N-dealkylation sites (N-methyl/N-ethyl adjacent to an activating group) is 7. The van der Waals surface area contributed by atoms with Gasteiger partial charge in [0.25, 0.3) is 0 Å². The highest BCUT2D eigenvalue weighted by atomic mass is 19.4. The third-order valence-electron chi connectivity index (χ3n) is 21.9. The van der Waals surface area contributed by atoms with Crippen molar-refractivity contribution in [3.05, 3.63) is 82.4 Å². The van der Waals surface area contributed by atoms with Crippen molar-refractivity contribution in [3.8, 4) is 0 Å². The summed E-state index contributed by atoms with van der Waals surface area (Å²) < 4.78 is 129. The van der Waals surface area contributed by atoms with Crippen LogP contribution in [0.5, 0.6) is 0 Å². The fourth-order valence-electron chi connectivity index (χ4n) is 14.9. The largest absolute Gasteiger partial charge is 0.422 e. The van der Waals surface area contributed by atoms with Crippen LogP contribution in [0, 0.1) is 29.4 Å². The molecule has 33 heteroatoms. The highest BCUT2D eigenvalue weighted by Crippen LogP contribution is 2.40. The molecule has 3 N–H and O–H groups in total. The number of aryl methyl sites for hydroxylation is 1. The monoisotopic (exact) mass is 1500 g/mol. The Hall–Kier alpha value is -8.81. The fraction of sp³-hybridized carbons (Fsp3) is 0.644. The Bertz CT molecular complexity index is 3640. The molecule has 0 radical (unpaired) electrons. The molecule has 6 aliphatic rings. The maximum Gasteiger partial charge on any atom is 0.422 e. The number of amides is 12. The summed E-state index contributed by atoms with van der Waals surface area (Å²) in [4.78, 5) is 189. The molecule has 106 heavy (non-hydrogen) atoms. The van der Waals surface area contributed by atoms with E-state index in [0.29, 0.717) is 63.5 Å². The first kappa shape index (κ1) is 82.8. The van der Waals surface area contributed by atoms with Gasteiger partial charge in [0.05, 0.1) is 31.6 Å². The predicted octanol–water partition coefficient (Wildman–Crippen LogP) is 5.43. The second-order valence-corrected chi connectivity index (χ2v) is 29.6. The molecule has 3 aliphatic heterocycles. The van der Waals surface area contributed by atoms with Crippen molar-refractivity contribution in [2.75, 3.05) is 82.6 Å². The predicted molar refractivity (Wildman–Crippen MR) is 366 cm³/mol. The summed E-state index contributed by atoms with van der Waals surface area (Å²) in [5, 5.41) is 8.01. The third kappa shape index (κ3) is 19.3. The minimum atomic E-state index is -5.48. The number of rotatable bonds is 11. The van der Waals surface area contributed by atoms with E-state index >= 15 is 37.1 Å². The van der Waals surface area contributed by atoms with Crippen LogP contribution in [0.1, 0.15) is 139 Å². The topological polar surface area (TPSA) is 270 Å². The van der Waals surface area contributed by atoms with Crippen LogP contribution in [0.2, 0.25) is 0 Å². The van der Waals surface area contributed by atoms with E-state index in [-0.39, 0.29) is 50.1 Å². The van der Waals surface area contributed by atoms with Crippen molar-refractivity contribution in [2.24, 2.45) is 17.8 Å². The quantitative estimate of drug-likeness (QED) is 0.188. The minimum absolute atomic E-state index is 0.0164. The fourth-order valence-corrected chi connectivity index (χ4v) is 14.9. The lowest BCUT2D eigenvalue weighted by Gasteiger charge is -2.46. The SMILES string of the molecule is CC[C@H](C)[C@@H]1NC(=O)[C@H](CC2CC2)N(C)C(=O)C[C@@H](C(=O)N(C)C)N(C)C(=O)[C@H](C2CCCC2)N(C)C(=O)C2(CCC2)NC(=O)[C@@H]2C[C@@H](F)CN2C(=O)[C@@H](CCc2cc(F)c(C(F)(F)F)c(F)c2)NC(=O)CN(C)C(=O)[C@H](Cc2ccc(C(F)(F)F)cc2)N2CC/C=C\C[C@@H](C2=O)N(C)C(=O)CN(C)C1=O. The van der Waals surface area contributed by atoms with Gasteiger partial charge < -0.3 is 60.0 Å². The third-order valence-corrected chi connectivity index (χ3v) is 21.9. The second-order valence-electron chi connectivity index (χ2n) is 29.6. The Morgan fingerprint density at radius 1 is 0.660 bits per heavy atom. The number of fused-ring (bicyclic) bond motifs is 3. The lowest BCUT2D eigenvalue weighted by atomic mass is 9.74. The zero-order chi connectivity index (χ0) is 78.4. The number of carbonyl (C=O) groups excluding carboxylic acids is 12. The molecule has 24 nitrogen and oxygen atoms in total. The van der Waals surface area contributed by atoms with Crippen molar-refractivity contribution in [1.29, 1.82) is 0 Å². The summed E-state index contributed by atoms with van der Waals surface area (Å²) in [6.07, 6.45) is -7.97. The number of hydrogen-bond acceptors (Lipinski definition) is 12. The van der Waals surface area contributed by atoms with Gasteiger partial charge in [-0.15, -0.1) is 0 Å². The molecule has 10 atom stereocenters. The lowest BCUT2D eigenvalue weighted by molar-refractivity contribution is -0.158. The van der Waals surface area contributed by atoms with Crippen LogP contribution in [0.3, 0.4) is 0 Å². The van der Waals surface area contributed by atoms with Crippen LogP contribution in [-0.2, 0) is 82.7 Å². The zero-order valence-corrected chi connectivity index (χ0v) is 61.4. The van der Waals surface area contributed by atoms with Crippen LogP contribution >= 0.6 is 0 Å². The van der Waals surface area contributed by atoms with Gasteiger partial charge in [0, 0.05) is 75.8 Å². The van der Waals surface area contributed by atoms with Crippen molar-refractivity contribution in [2.45, 2.75) is 202 Å². The number of halogens is 9. The molecule has 3 saturated carbocycles. The van der Waals surface area contributed by atoms with Gasteiger partial charge >= 0.3 is 12.4 Å². The molecule has 2 aromatic carbocycles. The van der Waals surface area contributed by atoms with Crippen LogP contribution in [0.15, 0.2) is 48.6 Å². The van der Waals surface area contributed by atoms with Crippen LogP contribution in [-0.4, -0.2) is 258 Å². The molecule has 12 amide bonds. The number of nitrogens with zero attached hydrogens (tertiary/aromatic N) is 9. The molecule has 5 fully saturated rings. The van der Waals surface area contributed by atoms with Gasteiger partial charge in [-0.1, -0.05) is 70.2 Å². The molecule has 584 valence electrons. The standard InChI is InChI=1S/C73H97F9N12O12/c1-11-41(2)60-68(104)88(6)40-58(97)89(7)51-20-13-12-16-31-93(67(51)103)55(35-43-23-26-46(27-24-43)72(77,78)79)66(102)87(5)39-56(95)83-50(28-25-44-32-48(75)59(49(76)33-44)73(80,81)82)64(100)94-38-47(74)36-53(94)63(99)85-71(29-17-30-71)70(106)92(10)61(45-18-14-15-19-45)69(105)91(9)54(65(101)86(3)4)37-57(96)90(8)52(62(98)84-60)34-42-21-22-42/h12-13,23-24,26-27,32-33,41-42,45,47,50-55,60-61H,11,14-22,25,28-31,34-40H2,1-10H3,(H,83,95)(H,84,98)(H,85,99)/b13-12-/t41-,47+,50+,51-,52-,53-,54-,55-,60-,61-/m0/s1. The highest BCUT2D eigenvalue weighted by molar-refractivity contribution is 6.01. The van der Waals surface area contributed by atoms with Crippen LogP contribution in [0.4, 0.5) is 39.5 Å². The van der Waals surface area contributed by atoms with Crippen molar-refractivity contribution < 1.29 is 97.0 Å². The number of alkyl halides is 7. The van der Waals surface area contributed by atoms with Gasteiger partial charge in [-0.3, -0.25) is 57.5 Å². The van der Waals surface area contributed by atoms with Crippen molar-refractivity contribution in [3.63, 3.8) is 0 Å². The first-order chi connectivity index (χ1) is 49.7. The Morgan fingerprint density at radius 3 is 1.85 bits per heavy atom. The van der Waals surface area contributed by atoms with Crippen molar-refractivity contribution in [1.82, 2.24) is 60.0 Å². The molecule has 2 aromatic rings. The number of carbonyl (C=O) groups is 12. The van der Waals surface area contributed by atoms with Crippen LogP contribution < -0.4 is 16.0 Å². The molecule has 2 saturated heterocycles. The maximum atomic E-state index is 16.1. The molecule has 3 aliphatic carbocycles. The van der Waals surface area contributed by atoms with Gasteiger partial charge in [-0.2, -0.15) is 26.3 Å². The molecular formula is C73H97F9N12O12. The number of hydrogen-bond donors (Lipinski definition) is 3. The van der Waals surface area contributed by atoms with Gasteiger partial charge in [-0.25, -0.2) is 13.2 Å². The van der Waals surface area contributed by atoms with E-state index in [1.54, 1.807) is 26.0 Å². The van der Waals surface area contributed by atoms with Gasteiger partial charge in [0.1, 0.15) is 77.2 Å². The van der Waals surface area contributed by atoms with Crippen LogP contribution in [0.25, 0.3) is 0 Å². The van der Waals surface area contributed by atoms with E-state index < -0.39 is 235 Å².